The van der Waals surface area contributed by atoms with E-state index in [1.165, 1.54) is 24.3 Å². The van der Waals surface area contributed by atoms with Gasteiger partial charge in [-0.1, -0.05) is 17.2 Å². The number of hydroxylamine groups is 2. The van der Waals surface area contributed by atoms with Gasteiger partial charge in [0.1, 0.15) is 5.52 Å². The molecule has 4 rings (SSSR count). The number of imide groups is 1. The second-order valence-corrected chi connectivity index (χ2v) is 5.24. The van der Waals surface area contributed by atoms with E-state index in [1.807, 2.05) is 0 Å². The van der Waals surface area contributed by atoms with Gasteiger partial charge in [0, 0.05) is 6.92 Å². The summed E-state index contributed by atoms with van der Waals surface area (Å²) in [6.07, 6.45) is 0. The molecule has 1 aliphatic rings. The van der Waals surface area contributed by atoms with E-state index in [0.717, 1.165) is 0 Å². The Morgan fingerprint density at radius 3 is 2.42 bits per heavy atom. The van der Waals surface area contributed by atoms with Gasteiger partial charge in [-0.15, -0.1) is 0 Å². The molecule has 0 N–H and O–H groups in total. The molecule has 0 fully saturated rings. The summed E-state index contributed by atoms with van der Waals surface area (Å²) in [7, 11) is 0. The predicted molar refractivity (Wildman–Crippen MR) is 81.1 cm³/mol. The Bertz CT molecular complexity index is 986. The molecular weight excluding hydrogens is 312 g/mol. The van der Waals surface area contributed by atoms with Crippen LogP contribution in [0.15, 0.2) is 46.9 Å². The summed E-state index contributed by atoms with van der Waals surface area (Å²) in [5, 5.41) is 0.475. The Balaban J connectivity index is 1.62. The maximum atomic E-state index is 12.3. The number of nitrogens with zero attached hydrogens (tertiary/aromatic N) is 2. The molecule has 0 unspecified atom stereocenters. The molecule has 0 spiro atoms. The molecule has 7 heteroatoms. The second kappa shape index (κ2) is 5.02. The van der Waals surface area contributed by atoms with Gasteiger partial charge in [0.2, 0.25) is 0 Å². The number of carbonyl (C=O) groups is 3. The highest BCUT2D eigenvalue weighted by Crippen LogP contribution is 2.24. The van der Waals surface area contributed by atoms with Gasteiger partial charge in [0.25, 0.3) is 11.8 Å². The lowest BCUT2D eigenvalue weighted by Gasteiger charge is -2.12. The van der Waals surface area contributed by atoms with Crippen molar-refractivity contribution in [2.45, 2.75) is 6.92 Å². The molecule has 0 aliphatic carbocycles. The first-order chi connectivity index (χ1) is 11.5. The van der Waals surface area contributed by atoms with E-state index in [9.17, 15) is 14.4 Å². The zero-order valence-corrected chi connectivity index (χ0v) is 12.5. The van der Waals surface area contributed by atoms with Crippen LogP contribution in [0.1, 0.15) is 37.0 Å². The third-order valence-electron chi connectivity index (χ3n) is 3.66. The van der Waals surface area contributed by atoms with E-state index in [-0.39, 0.29) is 16.7 Å². The Morgan fingerprint density at radius 2 is 1.75 bits per heavy atom. The number of rotatable bonds is 2. The average molecular weight is 322 g/mol. The van der Waals surface area contributed by atoms with Gasteiger partial charge in [-0.3, -0.25) is 9.59 Å². The molecule has 2 heterocycles. The smallest absolute Gasteiger partial charge is 0.364 e. The lowest BCUT2D eigenvalue weighted by atomic mass is 10.1. The molecule has 1 aliphatic heterocycles. The standard InChI is InChI=1S/C17H10N2O5/c1-9-18-13-7-6-10(8-14(13)23-9)17(22)24-19-15(20)11-4-2-3-5-12(11)16(19)21/h2-8H,1H3. The Kier molecular flexibility index (Phi) is 2.96. The number of amides is 2. The van der Waals surface area contributed by atoms with Gasteiger partial charge in [-0.2, -0.15) is 0 Å². The zero-order chi connectivity index (χ0) is 16.8. The van der Waals surface area contributed by atoms with Crippen LogP contribution in [0.5, 0.6) is 0 Å². The first kappa shape index (κ1) is 14.1. The van der Waals surface area contributed by atoms with Crippen molar-refractivity contribution in [3.63, 3.8) is 0 Å². The minimum Gasteiger partial charge on any atom is -0.441 e. The summed E-state index contributed by atoms with van der Waals surface area (Å²) in [5.74, 6) is -1.70. The second-order valence-electron chi connectivity index (χ2n) is 5.24. The minimum absolute atomic E-state index is 0.148. The summed E-state index contributed by atoms with van der Waals surface area (Å²) < 4.78 is 5.36. The quantitative estimate of drug-likeness (QED) is 0.673. The third-order valence-corrected chi connectivity index (χ3v) is 3.66. The van der Waals surface area contributed by atoms with Gasteiger partial charge in [-0.05, 0) is 30.3 Å². The van der Waals surface area contributed by atoms with Gasteiger partial charge in [-0.25, -0.2) is 9.78 Å². The van der Waals surface area contributed by atoms with Crippen LogP contribution < -0.4 is 0 Å². The molecule has 118 valence electrons. The summed E-state index contributed by atoms with van der Waals surface area (Å²) in [6, 6.07) is 10.8. The number of aryl methyl sites for hydroxylation is 1. The van der Waals surface area contributed by atoms with E-state index < -0.39 is 17.8 Å². The van der Waals surface area contributed by atoms with Crippen LogP contribution in [-0.4, -0.2) is 27.8 Å². The number of hydrogen-bond donors (Lipinski definition) is 0. The Labute approximate surface area is 135 Å². The van der Waals surface area contributed by atoms with Crippen LogP contribution in [0.4, 0.5) is 0 Å². The molecule has 0 radical (unpaired) electrons. The molecular formula is C17H10N2O5. The van der Waals surface area contributed by atoms with Crippen molar-refractivity contribution in [2.75, 3.05) is 0 Å². The summed E-state index contributed by atoms with van der Waals surface area (Å²) in [5.41, 5.74) is 1.58. The fourth-order valence-corrected chi connectivity index (χ4v) is 2.55. The van der Waals surface area contributed by atoms with E-state index in [0.29, 0.717) is 22.1 Å². The van der Waals surface area contributed by atoms with E-state index >= 15 is 0 Å². The molecule has 2 amide bonds. The topological polar surface area (TPSA) is 89.7 Å². The van der Waals surface area contributed by atoms with E-state index in [4.69, 9.17) is 9.25 Å². The summed E-state index contributed by atoms with van der Waals surface area (Å²) in [4.78, 5) is 45.8. The number of aromatic nitrogens is 1. The molecule has 2 aromatic carbocycles. The first-order valence-electron chi connectivity index (χ1n) is 7.12. The molecule has 0 saturated heterocycles. The zero-order valence-electron chi connectivity index (χ0n) is 12.5. The van der Waals surface area contributed by atoms with Crippen LogP contribution in [0.3, 0.4) is 0 Å². The Morgan fingerprint density at radius 1 is 1.08 bits per heavy atom. The maximum absolute atomic E-state index is 12.3. The van der Waals surface area contributed by atoms with Crippen molar-refractivity contribution >= 4 is 28.9 Å². The van der Waals surface area contributed by atoms with E-state index in [2.05, 4.69) is 4.98 Å². The summed E-state index contributed by atoms with van der Waals surface area (Å²) in [6.45, 7) is 1.69. The highest BCUT2D eigenvalue weighted by atomic mass is 16.7. The first-order valence-corrected chi connectivity index (χ1v) is 7.12. The number of carbonyl (C=O) groups excluding carboxylic acids is 3. The largest absolute Gasteiger partial charge is 0.441 e. The van der Waals surface area contributed by atoms with Gasteiger partial charge >= 0.3 is 5.97 Å². The van der Waals surface area contributed by atoms with Crippen LogP contribution in [-0.2, 0) is 4.84 Å². The fraction of sp³-hybridized carbons (Fsp3) is 0.0588. The van der Waals surface area contributed by atoms with Gasteiger partial charge < -0.3 is 9.25 Å². The number of benzene rings is 2. The van der Waals surface area contributed by atoms with Crippen molar-refractivity contribution in [1.82, 2.24) is 10.0 Å². The highest BCUT2D eigenvalue weighted by molar-refractivity contribution is 6.21. The van der Waals surface area contributed by atoms with Crippen molar-refractivity contribution in [3.05, 3.63) is 65.0 Å². The van der Waals surface area contributed by atoms with Crippen LogP contribution >= 0.6 is 0 Å². The lowest BCUT2D eigenvalue weighted by Crippen LogP contribution is -2.32. The SMILES string of the molecule is Cc1nc2ccc(C(=O)ON3C(=O)c4ccccc4C3=O)cc2o1. The van der Waals surface area contributed by atoms with Crippen molar-refractivity contribution in [2.24, 2.45) is 0 Å². The number of hydrogen-bond acceptors (Lipinski definition) is 6. The molecule has 1 aromatic heterocycles. The van der Waals surface area contributed by atoms with Crippen molar-refractivity contribution in [3.8, 4) is 0 Å². The average Bonchev–Trinajstić information content (AvgIpc) is 3.07. The maximum Gasteiger partial charge on any atom is 0.364 e. The van der Waals surface area contributed by atoms with Crippen LogP contribution in [0.2, 0.25) is 0 Å². The molecule has 24 heavy (non-hydrogen) atoms. The van der Waals surface area contributed by atoms with Gasteiger partial charge in [0.05, 0.1) is 16.7 Å². The monoisotopic (exact) mass is 322 g/mol. The van der Waals surface area contributed by atoms with Crippen molar-refractivity contribution < 1.29 is 23.6 Å². The lowest BCUT2D eigenvalue weighted by molar-refractivity contribution is -0.0584. The Hall–Kier alpha value is -3.48. The fourth-order valence-electron chi connectivity index (χ4n) is 2.55. The normalized spacial score (nSPS) is 13.5. The third kappa shape index (κ3) is 2.06. The minimum atomic E-state index is -0.833. The van der Waals surface area contributed by atoms with Crippen LogP contribution in [0.25, 0.3) is 11.1 Å². The van der Waals surface area contributed by atoms with Crippen LogP contribution in [0, 0.1) is 6.92 Å². The molecule has 3 aromatic rings. The molecule has 7 nitrogen and oxygen atoms in total. The predicted octanol–water partition coefficient (Wildman–Crippen LogP) is 2.50. The summed E-state index contributed by atoms with van der Waals surface area (Å²) >= 11 is 0. The van der Waals surface area contributed by atoms with E-state index in [1.54, 1.807) is 25.1 Å². The van der Waals surface area contributed by atoms with Crippen molar-refractivity contribution in [1.29, 1.82) is 0 Å². The highest BCUT2D eigenvalue weighted by Gasteiger charge is 2.38. The molecule has 0 bridgehead atoms. The van der Waals surface area contributed by atoms with Gasteiger partial charge in [0.15, 0.2) is 11.5 Å². The number of oxazole rings is 1. The molecule has 0 atom stereocenters. The number of fused-ring (bicyclic) bond motifs is 2. The molecule has 0 saturated carbocycles.